The highest BCUT2D eigenvalue weighted by Gasteiger charge is 2.18. The molecule has 4 heteroatoms. The maximum Gasteiger partial charge on any atom is 0.0837 e. The highest BCUT2D eigenvalue weighted by atomic mass is 15.8. The first-order chi connectivity index (χ1) is 4.20. The van der Waals surface area contributed by atoms with Crippen molar-refractivity contribution >= 4 is 0 Å². The molecule has 0 aromatic heterocycles. The first kappa shape index (κ1) is 6.95. The van der Waals surface area contributed by atoms with Crippen LogP contribution in [0.4, 0.5) is 0 Å². The number of nitrogens with two attached hydrogens (primary N) is 1. The SMILES string of the molecule is CC1CNN(C(C)N)N1. The molecule has 1 saturated heterocycles. The molecule has 1 fully saturated rings. The lowest BCUT2D eigenvalue weighted by atomic mass is 10.4. The van der Waals surface area contributed by atoms with Gasteiger partial charge in [-0.1, -0.05) is 0 Å². The van der Waals surface area contributed by atoms with Gasteiger partial charge in [-0.3, -0.25) is 0 Å². The molecule has 0 radical (unpaired) electrons. The smallest absolute Gasteiger partial charge is 0.0837 e. The lowest BCUT2D eigenvalue weighted by Crippen LogP contribution is -2.50. The minimum absolute atomic E-state index is 0.0370. The summed E-state index contributed by atoms with van der Waals surface area (Å²) in [5.41, 5.74) is 11.8. The average Bonchev–Trinajstić information content (AvgIpc) is 2.14. The predicted octanol–water partition coefficient (Wildman–Crippen LogP) is -0.996. The van der Waals surface area contributed by atoms with Gasteiger partial charge in [0, 0.05) is 12.6 Å². The fraction of sp³-hybridized carbons (Fsp3) is 1.00. The molecule has 4 nitrogen and oxygen atoms in total. The molecule has 54 valence electrons. The lowest BCUT2D eigenvalue weighted by Gasteiger charge is -2.19. The monoisotopic (exact) mass is 130 g/mol. The third-order valence-corrected chi connectivity index (χ3v) is 1.33. The minimum atomic E-state index is 0.0370. The summed E-state index contributed by atoms with van der Waals surface area (Å²) in [6.45, 7) is 5.00. The summed E-state index contributed by atoms with van der Waals surface area (Å²) in [7, 11) is 0. The summed E-state index contributed by atoms with van der Waals surface area (Å²) in [5.74, 6) is 0. The van der Waals surface area contributed by atoms with E-state index in [2.05, 4.69) is 17.8 Å². The first-order valence-electron chi connectivity index (χ1n) is 3.24. The van der Waals surface area contributed by atoms with Crippen LogP contribution in [0.2, 0.25) is 0 Å². The van der Waals surface area contributed by atoms with E-state index in [0.717, 1.165) is 6.54 Å². The quantitative estimate of drug-likeness (QED) is 0.426. The molecular formula is C5H14N4. The highest BCUT2D eigenvalue weighted by Crippen LogP contribution is 1.93. The van der Waals surface area contributed by atoms with Gasteiger partial charge in [0.2, 0.25) is 0 Å². The van der Waals surface area contributed by atoms with Crippen LogP contribution in [-0.2, 0) is 0 Å². The lowest BCUT2D eigenvalue weighted by molar-refractivity contribution is 0.121. The van der Waals surface area contributed by atoms with E-state index in [9.17, 15) is 0 Å². The molecule has 0 aliphatic carbocycles. The Labute approximate surface area is 55.3 Å². The minimum Gasteiger partial charge on any atom is -0.314 e. The molecule has 0 amide bonds. The zero-order chi connectivity index (χ0) is 6.85. The molecule has 0 saturated carbocycles. The van der Waals surface area contributed by atoms with E-state index >= 15 is 0 Å². The largest absolute Gasteiger partial charge is 0.314 e. The maximum atomic E-state index is 5.56. The second-order valence-corrected chi connectivity index (χ2v) is 2.50. The normalized spacial score (nSPS) is 33.0. The van der Waals surface area contributed by atoms with Crippen LogP contribution in [0.15, 0.2) is 0 Å². The second-order valence-electron chi connectivity index (χ2n) is 2.50. The molecule has 1 aliphatic rings. The van der Waals surface area contributed by atoms with Crippen molar-refractivity contribution in [3.05, 3.63) is 0 Å². The summed E-state index contributed by atoms with van der Waals surface area (Å²) in [5, 5.41) is 1.82. The molecule has 0 bridgehead atoms. The molecule has 1 heterocycles. The molecule has 9 heavy (non-hydrogen) atoms. The van der Waals surface area contributed by atoms with E-state index in [-0.39, 0.29) is 6.17 Å². The number of hydrazine groups is 2. The van der Waals surface area contributed by atoms with Crippen LogP contribution >= 0.6 is 0 Å². The highest BCUT2D eigenvalue weighted by molar-refractivity contribution is 4.68. The molecule has 0 aromatic carbocycles. The van der Waals surface area contributed by atoms with Crippen LogP contribution in [0, 0.1) is 0 Å². The van der Waals surface area contributed by atoms with Crippen molar-refractivity contribution in [2.75, 3.05) is 6.54 Å². The van der Waals surface area contributed by atoms with Crippen LogP contribution in [0.1, 0.15) is 13.8 Å². The zero-order valence-corrected chi connectivity index (χ0v) is 5.89. The van der Waals surface area contributed by atoms with E-state index < -0.39 is 0 Å². The van der Waals surface area contributed by atoms with E-state index in [0.29, 0.717) is 6.04 Å². The number of hydrogen-bond acceptors (Lipinski definition) is 4. The Hall–Kier alpha value is -0.160. The number of hydrogen-bond donors (Lipinski definition) is 3. The van der Waals surface area contributed by atoms with Crippen molar-refractivity contribution in [2.24, 2.45) is 5.73 Å². The van der Waals surface area contributed by atoms with Gasteiger partial charge in [0.25, 0.3) is 0 Å². The van der Waals surface area contributed by atoms with Gasteiger partial charge < -0.3 is 5.73 Å². The van der Waals surface area contributed by atoms with Crippen LogP contribution < -0.4 is 16.6 Å². The maximum absolute atomic E-state index is 5.56. The van der Waals surface area contributed by atoms with Crippen LogP contribution in [0.3, 0.4) is 0 Å². The summed E-state index contributed by atoms with van der Waals surface area (Å²) in [6.07, 6.45) is 0.0370. The number of nitrogens with zero attached hydrogens (tertiary/aromatic N) is 1. The average molecular weight is 130 g/mol. The van der Waals surface area contributed by atoms with E-state index in [1.54, 1.807) is 0 Å². The molecule has 4 N–H and O–H groups in total. The topological polar surface area (TPSA) is 53.3 Å². The Bertz CT molecular complexity index is 93.0. The molecule has 1 aliphatic heterocycles. The van der Waals surface area contributed by atoms with Crippen LogP contribution in [0.25, 0.3) is 0 Å². The number of rotatable bonds is 1. The molecule has 2 atom stereocenters. The zero-order valence-electron chi connectivity index (χ0n) is 5.89. The van der Waals surface area contributed by atoms with E-state index in [4.69, 9.17) is 5.73 Å². The Balaban J connectivity index is 2.30. The van der Waals surface area contributed by atoms with E-state index in [1.165, 1.54) is 0 Å². The Morgan fingerprint density at radius 3 is 2.67 bits per heavy atom. The third kappa shape index (κ3) is 1.62. The van der Waals surface area contributed by atoms with Crippen LogP contribution in [-0.4, -0.2) is 23.9 Å². The van der Waals surface area contributed by atoms with Gasteiger partial charge in [-0.15, -0.1) is 0 Å². The van der Waals surface area contributed by atoms with Crippen molar-refractivity contribution in [1.29, 1.82) is 0 Å². The van der Waals surface area contributed by atoms with Gasteiger partial charge in [-0.2, -0.15) is 5.12 Å². The summed E-state index contributed by atoms with van der Waals surface area (Å²) in [6, 6.07) is 0.496. The van der Waals surface area contributed by atoms with Gasteiger partial charge in [-0.25, -0.2) is 10.9 Å². The second kappa shape index (κ2) is 2.62. The van der Waals surface area contributed by atoms with Crippen molar-refractivity contribution < 1.29 is 0 Å². The predicted molar refractivity (Wildman–Crippen MR) is 36.1 cm³/mol. The van der Waals surface area contributed by atoms with Gasteiger partial charge >= 0.3 is 0 Å². The van der Waals surface area contributed by atoms with Gasteiger partial charge in [0.15, 0.2) is 0 Å². The van der Waals surface area contributed by atoms with Crippen molar-refractivity contribution in [2.45, 2.75) is 26.1 Å². The molecule has 1 rings (SSSR count). The molecule has 0 aromatic rings. The summed E-state index contributed by atoms with van der Waals surface area (Å²) in [4.78, 5) is 0. The molecule has 0 spiro atoms. The van der Waals surface area contributed by atoms with Gasteiger partial charge in [-0.05, 0) is 13.8 Å². The Morgan fingerprint density at radius 2 is 2.44 bits per heavy atom. The van der Waals surface area contributed by atoms with Crippen LogP contribution in [0.5, 0.6) is 0 Å². The molecule has 2 unspecified atom stereocenters. The fourth-order valence-electron chi connectivity index (χ4n) is 0.826. The van der Waals surface area contributed by atoms with E-state index in [1.807, 2.05) is 12.0 Å². The Kier molecular flexibility index (Phi) is 2.02. The van der Waals surface area contributed by atoms with Crippen molar-refractivity contribution in [3.63, 3.8) is 0 Å². The van der Waals surface area contributed by atoms with Crippen molar-refractivity contribution in [3.8, 4) is 0 Å². The van der Waals surface area contributed by atoms with Gasteiger partial charge in [0.05, 0.1) is 6.17 Å². The standard InChI is InChI=1S/C5H14N4/c1-4-3-7-9(8-4)5(2)6/h4-5,7-8H,3,6H2,1-2H3. The summed E-state index contributed by atoms with van der Waals surface area (Å²) < 4.78 is 0. The summed E-state index contributed by atoms with van der Waals surface area (Å²) >= 11 is 0. The Morgan fingerprint density at radius 1 is 1.78 bits per heavy atom. The van der Waals surface area contributed by atoms with Crippen molar-refractivity contribution in [1.82, 2.24) is 16.0 Å². The van der Waals surface area contributed by atoms with Gasteiger partial charge in [0.1, 0.15) is 0 Å². The first-order valence-corrected chi connectivity index (χ1v) is 3.24. The third-order valence-electron chi connectivity index (χ3n) is 1.33. The number of nitrogens with one attached hydrogen (secondary N) is 2. The molecular weight excluding hydrogens is 116 g/mol. The fourth-order valence-corrected chi connectivity index (χ4v) is 0.826.